The molecule has 0 aliphatic carbocycles. The second-order valence-corrected chi connectivity index (χ2v) is 6.88. The van der Waals surface area contributed by atoms with Crippen molar-refractivity contribution in [2.75, 3.05) is 0 Å². The van der Waals surface area contributed by atoms with Gasteiger partial charge in [-0.25, -0.2) is 4.39 Å². The van der Waals surface area contributed by atoms with Crippen LogP contribution in [0.2, 0.25) is 0 Å². The average molecular weight is 378 g/mol. The second-order valence-electron chi connectivity index (χ2n) is 3.45. The molecule has 1 nitrogen and oxygen atoms in total. The second kappa shape index (κ2) is 5.00. The van der Waals surface area contributed by atoms with Gasteiger partial charge in [-0.1, -0.05) is 6.07 Å². The lowest BCUT2D eigenvalue weighted by Crippen LogP contribution is -2.03. The fourth-order valence-electron chi connectivity index (χ4n) is 1.50. The topological polar surface area (TPSA) is 17.1 Å². The Morgan fingerprint density at radius 3 is 2.59 bits per heavy atom. The molecule has 2 rings (SSSR count). The van der Waals surface area contributed by atoms with E-state index in [2.05, 4.69) is 31.9 Å². The number of aryl methyl sites for hydroxylation is 1. The molecule has 1 heterocycles. The molecule has 5 heteroatoms. The summed E-state index contributed by atoms with van der Waals surface area (Å²) in [6.07, 6.45) is 0. The Labute approximate surface area is 119 Å². The highest BCUT2D eigenvalue weighted by atomic mass is 79.9. The highest BCUT2D eigenvalue weighted by molar-refractivity contribution is 9.11. The molecule has 17 heavy (non-hydrogen) atoms. The number of rotatable bonds is 2. The van der Waals surface area contributed by atoms with Gasteiger partial charge >= 0.3 is 0 Å². The van der Waals surface area contributed by atoms with Crippen LogP contribution in [-0.2, 0) is 0 Å². The molecule has 2 aromatic rings. The van der Waals surface area contributed by atoms with Crippen LogP contribution in [0.1, 0.15) is 20.8 Å². The van der Waals surface area contributed by atoms with Crippen molar-refractivity contribution in [3.63, 3.8) is 0 Å². The summed E-state index contributed by atoms with van der Waals surface area (Å²) >= 11 is 7.93. The molecule has 0 atom stereocenters. The highest BCUT2D eigenvalue weighted by Gasteiger charge is 2.18. The first-order valence-corrected chi connectivity index (χ1v) is 7.15. The molecule has 1 aromatic carbocycles. The molecule has 0 saturated carbocycles. The lowest BCUT2D eigenvalue weighted by molar-refractivity contribution is 0.103. The summed E-state index contributed by atoms with van der Waals surface area (Å²) in [7, 11) is 0. The van der Waals surface area contributed by atoms with Crippen LogP contribution in [0.15, 0.2) is 32.5 Å². The number of carbonyl (C=O) groups is 1. The molecule has 0 saturated heterocycles. The molecule has 0 radical (unpaired) electrons. The standard InChI is InChI=1S/C12H7Br2FOS/c1-6-8(5-10(13)17-6)12(16)7-3-2-4-9(15)11(7)14/h2-5H,1H3. The minimum absolute atomic E-state index is 0.171. The van der Waals surface area contributed by atoms with E-state index in [0.717, 1.165) is 8.66 Å². The monoisotopic (exact) mass is 376 g/mol. The largest absolute Gasteiger partial charge is 0.289 e. The van der Waals surface area contributed by atoms with E-state index in [9.17, 15) is 9.18 Å². The molecule has 0 N–H and O–H groups in total. The van der Waals surface area contributed by atoms with Crippen molar-refractivity contribution >= 4 is 49.0 Å². The summed E-state index contributed by atoms with van der Waals surface area (Å²) < 4.78 is 14.5. The Morgan fingerprint density at radius 1 is 1.29 bits per heavy atom. The third-order valence-corrected chi connectivity index (χ3v) is 4.69. The molecular formula is C12H7Br2FOS. The lowest BCUT2D eigenvalue weighted by atomic mass is 10.0. The third kappa shape index (κ3) is 2.51. The number of hydrogen-bond donors (Lipinski definition) is 0. The first kappa shape index (κ1) is 12.9. The maximum absolute atomic E-state index is 13.4. The summed E-state index contributed by atoms with van der Waals surface area (Å²) in [4.78, 5) is 13.2. The first-order chi connectivity index (χ1) is 8.00. The van der Waals surface area contributed by atoms with E-state index >= 15 is 0 Å². The van der Waals surface area contributed by atoms with Gasteiger partial charge in [-0.3, -0.25) is 4.79 Å². The zero-order chi connectivity index (χ0) is 12.6. The maximum Gasteiger partial charge on any atom is 0.195 e. The zero-order valence-corrected chi connectivity index (χ0v) is 12.7. The van der Waals surface area contributed by atoms with Crippen LogP contribution in [-0.4, -0.2) is 5.78 Å². The van der Waals surface area contributed by atoms with Crippen molar-refractivity contribution in [3.8, 4) is 0 Å². The highest BCUT2D eigenvalue weighted by Crippen LogP contribution is 2.30. The predicted octanol–water partition coefficient (Wildman–Crippen LogP) is 4.95. The zero-order valence-electron chi connectivity index (χ0n) is 8.76. The van der Waals surface area contributed by atoms with E-state index < -0.39 is 5.82 Å². The minimum Gasteiger partial charge on any atom is -0.289 e. The van der Waals surface area contributed by atoms with Gasteiger partial charge in [0.15, 0.2) is 5.78 Å². The van der Waals surface area contributed by atoms with Crippen LogP contribution in [0, 0.1) is 12.7 Å². The number of benzene rings is 1. The predicted molar refractivity (Wildman–Crippen MR) is 74.3 cm³/mol. The molecule has 0 unspecified atom stereocenters. The van der Waals surface area contributed by atoms with Crippen LogP contribution < -0.4 is 0 Å². The maximum atomic E-state index is 13.4. The quantitative estimate of drug-likeness (QED) is 0.676. The Morgan fingerprint density at radius 2 is 2.00 bits per heavy atom. The van der Waals surface area contributed by atoms with Crippen LogP contribution >= 0.6 is 43.2 Å². The minimum atomic E-state index is -0.428. The van der Waals surface area contributed by atoms with Crippen molar-refractivity contribution < 1.29 is 9.18 Å². The Balaban J connectivity index is 2.51. The molecule has 0 spiro atoms. The Bertz CT molecular complexity index is 592. The molecule has 88 valence electrons. The number of hydrogen-bond acceptors (Lipinski definition) is 2. The summed E-state index contributed by atoms with van der Waals surface area (Å²) in [5.41, 5.74) is 0.951. The van der Waals surface area contributed by atoms with Crippen molar-refractivity contribution in [2.45, 2.75) is 6.92 Å². The van der Waals surface area contributed by atoms with Gasteiger partial charge in [-0.05, 0) is 57.0 Å². The molecule has 1 aromatic heterocycles. The van der Waals surface area contributed by atoms with Gasteiger partial charge in [0.2, 0.25) is 0 Å². The summed E-state index contributed by atoms with van der Waals surface area (Å²) in [6.45, 7) is 1.87. The molecule has 0 amide bonds. The van der Waals surface area contributed by atoms with Gasteiger partial charge in [0.1, 0.15) is 5.82 Å². The van der Waals surface area contributed by atoms with Gasteiger partial charge in [0, 0.05) is 16.0 Å². The number of thiophene rings is 1. The lowest BCUT2D eigenvalue weighted by Gasteiger charge is -2.03. The molecule has 0 aliphatic rings. The fourth-order valence-corrected chi connectivity index (χ4v) is 3.63. The fraction of sp³-hybridized carbons (Fsp3) is 0.0833. The molecule has 0 aliphatic heterocycles. The number of carbonyl (C=O) groups excluding carboxylic acids is 1. The smallest absolute Gasteiger partial charge is 0.195 e. The van der Waals surface area contributed by atoms with Crippen LogP contribution in [0.5, 0.6) is 0 Å². The Kier molecular flexibility index (Phi) is 3.80. The van der Waals surface area contributed by atoms with Crippen LogP contribution in [0.25, 0.3) is 0 Å². The number of halogens is 3. The SMILES string of the molecule is Cc1sc(Br)cc1C(=O)c1cccc(F)c1Br. The van der Waals surface area contributed by atoms with Crippen molar-refractivity contribution in [1.29, 1.82) is 0 Å². The Hall–Kier alpha value is -0.520. The van der Waals surface area contributed by atoms with Crippen LogP contribution in [0.4, 0.5) is 4.39 Å². The van der Waals surface area contributed by atoms with Gasteiger partial charge in [-0.15, -0.1) is 11.3 Å². The average Bonchev–Trinajstić information content (AvgIpc) is 2.61. The van der Waals surface area contributed by atoms with E-state index in [0.29, 0.717) is 11.1 Å². The first-order valence-electron chi connectivity index (χ1n) is 4.75. The van der Waals surface area contributed by atoms with Crippen molar-refractivity contribution in [3.05, 3.63) is 54.3 Å². The van der Waals surface area contributed by atoms with Crippen LogP contribution in [0.3, 0.4) is 0 Å². The molecular weight excluding hydrogens is 371 g/mol. The normalized spacial score (nSPS) is 10.6. The van der Waals surface area contributed by atoms with E-state index in [1.807, 2.05) is 6.92 Å². The summed E-state index contributed by atoms with van der Waals surface area (Å²) in [5, 5.41) is 0. The van der Waals surface area contributed by atoms with Crippen molar-refractivity contribution in [2.24, 2.45) is 0 Å². The van der Waals surface area contributed by atoms with Gasteiger partial charge in [-0.2, -0.15) is 0 Å². The van der Waals surface area contributed by atoms with E-state index in [4.69, 9.17) is 0 Å². The van der Waals surface area contributed by atoms with E-state index in [1.54, 1.807) is 12.1 Å². The van der Waals surface area contributed by atoms with Crippen molar-refractivity contribution in [1.82, 2.24) is 0 Å². The molecule has 0 bridgehead atoms. The summed E-state index contributed by atoms with van der Waals surface area (Å²) in [5.74, 6) is -0.598. The molecule has 0 fully saturated rings. The van der Waals surface area contributed by atoms with Gasteiger partial charge in [0.05, 0.1) is 8.26 Å². The van der Waals surface area contributed by atoms with E-state index in [1.165, 1.54) is 23.5 Å². The number of ketones is 1. The third-order valence-electron chi connectivity index (χ3n) is 2.33. The van der Waals surface area contributed by atoms with Gasteiger partial charge in [0.25, 0.3) is 0 Å². The van der Waals surface area contributed by atoms with Gasteiger partial charge < -0.3 is 0 Å². The van der Waals surface area contributed by atoms with E-state index in [-0.39, 0.29) is 10.3 Å². The summed E-state index contributed by atoms with van der Waals surface area (Å²) in [6, 6.07) is 6.22.